The quantitative estimate of drug-likeness (QED) is 0.416. The number of piperidine rings is 1. The molecule has 198 valence electrons. The molecule has 2 saturated heterocycles. The minimum atomic E-state index is -4.47. The third kappa shape index (κ3) is 6.22. The molecule has 3 aromatic rings. The third-order valence-electron chi connectivity index (χ3n) is 6.24. The predicted molar refractivity (Wildman–Crippen MR) is 135 cm³/mol. The molecule has 2 amide bonds. The number of imide groups is 1. The van der Waals surface area contributed by atoms with Crippen LogP contribution in [0.1, 0.15) is 29.8 Å². The van der Waals surface area contributed by atoms with Gasteiger partial charge in [-0.15, -0.1) is 0 Å². The first-order valence-corrected chi connectivity index (χ1v) is 12.7. The van der Waals surface area contributed by atoms with Gasteiger partial charge in [0.1, 0.15) is 0 Å². The van der Waals surface area contributed by atoms with Crippen LogP contribution in [0.15, 0.2) is 52.3 Å². The molecule has 13 heteroatoms. The highest BCUT2D eigenvalue weighted by Gasteiger charge is 2.32. The van der Waals surface area contributed by atoms with Gasteiger partial charge in [0.05, 0.1) is 40.1 Å². The van der Waals surface area contributed by atoms with Crippen LogP contribution in [0.5, 0.6) is 0 Å². The zero-order valence-electron chi connectivity index (χ0n) is 20.0. The number of amides is 2. The zero-order valence-corrected chi connectivity index (χ0v) is 20.8. The van der Waals surface area contributed by atoms with Crippen molar-refractivity contribution in [1.29, 1.82) is 0 Å². The average molecular weight is 545 g/mol. The van der Waals surface area contributed by atoms with E-state index in [1.54, 1.807) is 24.4 Å². The van der Waals surface area contributed by atoms with Crippen LogP contribution in [-0.4, -0.2) is 45.7 Å². The monoisotopic (exact) mass is 544 g/mol. The van der Waals surface area contributed by atoms with Gasteiger partial charge in [-0.1, -0.05) is 0 Å². The van der Waals surface area contributed by atoms with Gasteiger partial charge in [0.2, 0.25) is 5.95 Å². The molecule has 3 aromatic heterocycles. The number of halogens is 3. The van der Waals surface area contributed by atoms with Crippen molar-refractivity contribution in [3.63, 3.8) is 0 Å². The molecule has 2 aliphatic heterocycles. The third-order valence-corrected chi connectivity index (χ3v) is 7.06. The standard InChI is InChI=1S/C25H23F3N6O3S/c26-25(27,28)17-9-19(31-20(10-17)16-4-8-37-14-16)13-29-12-15-2-6-34(7-3-15)23-30-5-1-18(32-23)11-21-22(35)33-24(36)38-21/h1,4-5,8-11,14-15,29H,2-3,6-7,12-13H2,(H,33,35,36). The Morgan fingerprint density at radius 3 is 2.68 bits per heavy atom. The van der Waals surface area contributed by atoms with Crippen LogP contribution in [0.2, 0.25) is 0 Å². The summed E-state index contributed by atoms with van der Waals surface area (Å²) in [5, 5.41) is 5.06. The summed E-state index contributed by atoms with van der Waals surface area (Å²) in [5.74, 6) is 0.437. The first-order valence-electron chi connectivity index (χ1n) is 11.9. The van der Waals surface area contributed by atoms with Gasteiger partial charge in [-0.25, -0.2) is 9.97 Å². The highest BCUT2D eigenvalue weighted by atomic mass is 32.2. The number of nitrogens with zero attached hydrogens (tertiary/aromatic N) is 4. The molecule has 2 fully saturated rings. The van der Waals surface area contributed by atoms with Crippen LogP contribution < -0.4 is 15.5 Å². The number of nitrogens with one attached hydrogen (secondary N) is 2. The molecular weight excluding hydrogens is 521 g/mol. The normalized spacial score (nSPS) is 17.9. The second kappa shape index (κ2) is 11.0. The van der Waals surface area contributed by atoms with Gasteiger partial charge in [0, 0.05) is 31.4 Å². The topological polar surface area (TPSA) is 113 Å². The average Bonchev–Trinajstić information content (AvgIpc) is 3.54. The summed E-state index contributed by atoms with van der Waals surface area (Å²) in [6, 6.07) is 5.35. The molecule has 0 aromatic carbocycles. The van der Waals surface area contributed by atoms with E-state index in [1.807, 2.05) is 0 Å². The first kappa shape index (κ1) is 25.9. The van der Waals surface area contributed by atoms with E-state index >= 15 is 0 Å². The minimum Gasteiger partial charge on any atom is -0.472 e. The van der Waals surface area contributed by atoms with Gasteiger partial charge in [0.15, 0.2) is 0 Å². The van der Waals surface area contributed by atoms with Gasteiger partial charge in [0.25, 0.3) is 11.1 Å². The summed E-state index contributed by atoms with van der Waals surface area (Å²) in [4.78, 5) is 38.7. The van der Waals surface area contributed by atoms with E-state index < -0.39 is 22.9 Å². The number of anilines is 1. The number of carbonyl (C=O) groups excluding carboxylic acids is 2. The van der Waals surface area contributed by atoms with Crippen molar-refractivity contribution in [2.75, 3.05) is 24.5 Å². The summed E-state index contributed by atoms with van der Waals surface area (Å²) < 4.78 is 45.2. The summed E-state index contributed by atoms with van der Waals surface area (Å²) in [7, 11) is 0. The Kier molecular flexibility index (Phi) is 7.47. The summed E-state index contributed by atoms with van der Waals surface area (Å²) in [6.07, 6.45) is 3.17. The molecule has 0 aliphatic carbocycles. The molecule has 0 spiro atoms. The van der Waals surface area contributed by atoms with E-state index in [1.165, 1.54) is 12.5 Å². The van der Waals surface area contributed by atoms with Gasteiger partial charge in [-0.05, 0) is 67.4 Å². The Balaban J connectivity index is 1.16. The second-order valence-electron chi connectivity index (χ2n) is 8.94. The van der Waals surface area contributed by atoms with Crippen LogP contribution in [0.4, 0.5) is 23.9 Å². The molecular formula is C25H23F3N6O3S. The number of furan rings is 1. The van der Waals surface area contributed by atoms with E-state index in [0.717, 1.165) is 36.7 Å². The van der Waals surface area contributed by atoms with Gasteiger partial charge in [-0.2, -0.15) is 13.2 Å². The van der Waals surface area contributed by atoms with Crippen LogP contribution in [-0.2, 0) is 17.5 Å². The van der Waals surface area contributed by atoms with E-state index in [4.69, 9.17) is 4.42 Å². The number of aromatic nitrogens is 3. The number of pyridine rings is 1. The van der Waals surface area contributed by atoms with Gasteiger partial charge >= 0.3 is 6.18 Å². The molecule has 0 bridgehead atoms. The lowest BCUT2D eigenvalue weighted by molar-refractivity contribution is -0.137. The zero-order chi connectivity index (χ0) is 26.7. The Morgan fingerprint density at radius 1 is 1.18 bits per heavy atom. The lowest BCUT2D eigenvalue weighted by Gasteiger charge is -2.32. The number of thioether (sulfide) groups is 1. The van der Waals surface area contributed by atoms with Crippen LogP contribution in [0, 0.1) is 5.92 Å². The number of hydrogen-bond acceptors (Lipinski definition) is 9. The van der Waals surface area contributed by atoms with Crippen LogP contribution in [0.3, 0.4) is 0 Å². The molecule has 0 radical (unpaired) electrons. The summed E-state index contributed by atoms with van der Waals surface area (Å²) in [6.45, 7) is 2.28. The van der Waals surface area contributed by atoms with Crippen molar-refractivity contribution in [3.05, 3.63) is 64.8 Å². The van der Waals surface area contributed by atoms with E-state index in [9.17, 15) is 22.8 Å². The van der Waals surface area contributed by atoms with Gasteiger partial charge in [-0.3, -0.25) is 19.9 Å². The van der Waals surface area contributed by atoms with Crippen molar-refractivity contribution < 1.29 is 27.2 Å². The Labute approximate surface area is 219 Å². The maximum atomic E-state index is 13.4. The lowest BCUT2D eigenvalue weighted by Crippen LogP contribution is -2.38. The Hall–Kier alpha value is -3.71. The molecule has 9 nitrogen and oxygen atoms in total. The van der Waals surface area contributed by atoms with E-state index in [2.05, 4.69) is 30.5 Å². The highest BCUT2D eigenvalue weighted by Crippen LogP contribution is 2.32. The number of hydrogen-bond donors (Lipinski definition) is 2. The summed E-state index contributed by atoms with van der Waals surface area (Å²) in [5.41, 5.74) is 0.810. The molecule has 0 saturated carbocycles. The largest absolute Gasteiger partial charge is 0.472 e. The fourth-order valence-corrected chi connectivity index (χ4v) is 4.96. The van der Waals surface area contributed by atoms with E-state index in [-0.39, 0.29) is 17.1 Å². The Bertz CT molecular complexity index is 1350. The van der Waals surface area contributed by atoms with Crippen molar-refractivity contribution in [2.24, 2.45) is 5.92 Å². The van der Waals surface area contributed by atoms with Crippen molar-refractivity contribution in [3.8, 4) is 11.3 Å². The maximum absolute atomic E-state index is 13.4. The number of rotatable bonds is 7. The summed E-state index contributed by atoms with van der Waals surface area (Å²) >= 11 is 0.834. The molecule has 2 N–H and O–H groups in total. The fourth-order valence-electron chi connectivity index (χ4n) is 4.29. The molecule has 2 aliphatic rings. The van der Waals surface area contributed by atoms with Crippen molar-refractivity contribution in [1.82, 2.24) is 25.6 Å². The highest BCUT2D eigenvalue weighted by molar-refractivity contribution is 8.18. The van der Waals surface area contributed by atoms with Crippen LogP contribution >= 0.6 is 11.8 Å². The van der Waals surface area contributed by atoms with Gasteiger partial charge < -0.3 is 14.6 Å². The molecule has 5 heterocycles. The molecule has 5 rings (SSSR count). The lowest BCUT2D eigenvalue weighted by atomic mass is 9.97. The maximum Gasteiger partial charge on any atom is 0.416 e. The molecule has 0 atom stereocenters. The minimum absolute atomic E-state index is 0.211. The SMILES string of the molecule is O=C1NC(=O)C(=Cc2ccnc(N3CCC(CNCc4cc(C(F)(F)F)cc(-c5ccoc5)n4)CC3)n2)S1. The Morgan fingerprint density at radius 2 is 2.00 bits per heavy atom. The second-order valence-corrected chi connectivity index (χ2v) is 9.95. The van der Waals surface area contributed by atoms with Crippen LogP contribution in [0.25, 0.3) is 17.3 Å². The molecule has 0 unspecified atom stereocenters. The predicted octanol–water partition coefficient (Wildman–Crippen LogP) is 4.48. The fraction of sp³-hybridized carbons (Fsp3) is 0.320. The first-order chi connectivity index (χ1) is 18.2. The number of carbonyl (C=O) groups is 2. The molecule has 38 heavy (non-hydrogen) atoms. The van der Waals surface area contributed by atoms with Crippen molar-refractivity contribution in [2.45, 2.75) is 25.6 Å². The number of alkyl halides is 3. The van der Waals surface area contributed by atoms with E-state index in [0.29, 0.717) is 48.5 Å². The van der Waals surface area contributed by atoms with Crippen molar-refractivity contribution >= 4 is 34.9 Å². The smallest absolute Gasteiger partial charge is 0.416 e.